The molecular weight excluding hydrogens is 366 g/mol. The highest BCUT2D eigenvalue weighted by molar-refractivity contribution is 5.94. The Morgan fingerprint density at radius 2 is 1.97 bits per heavy atom. The van der Waals surface area contributed by atoms with E-state index in [1.807, 2.05) is 47.4 Å². The van der Waals surface area contributed by atoms with E-state index >= 15 is 0 Å². The summed E-state index contributed by atoms with van der Waals surface area (Å²) < 4.78 is 11.0. The summed E-state index contributed by atoms with van der Waals surface area (Å²) in [6.07, 6.45) is 0. The lowest BCUT2D eigenvalue weighted by molar-refractivity contribution is 0.0341. The van der Waals surface area contributed by atoms with E-state index in [4.69, 9.17) is 9.47 Å². The lowest BCUT2D eigenvalue weighted by Gasteiger charge is -2.37. The van der Waals surface area contributed by atoms with Crippen molar-refractivity contribution in [3.8, 4) is 5.75 Å². The molecule has 2 saturated heterocycles. The Morgan fingerprint density at radius 3 is 2.79 bits per heavy atom. The summed E-state index contributed by atoms with van der Waals surface area (Å²) in [6.45, 7) is 6.47. The number of hydrogen-bond donors (Lipinski definition) is 1. The van der Waals surface area contributed by atoms with Crippen molar-refractivity contribution in [3.63, 3.8) is 0 Å². The summed E-state index contributed by atoms with van der Waals surface area (Å²) in [4.78, 5) is 17.8. The molecule has 0 radical (unpaired) electrons. The van der Waals surface area contributed by atoms with Crippen molar-refractivity contribution in [1.82, 2.24) is 15.1 Å². The summed E-state index contributed by atoms with van der Waals surface area (Å²) in [5, 5.41) is 3.42. The zero-order valence-electron chi connectivity index (χ0n) is 17.0. The van der Waals surface area contributed by atoms with Gasteiger partial charge in [0.2, 0.25) is 0 Å². The molecule has 0 aliphatic carbocycles. The van der Waals surface area contributed by atoms with Gasteiger partial charge < -0.3 is 19.7 Å². The number of benzene rings is 2. The Labute approximate surface area is 172 Å². The second-order valence-corrected chi connectivity index (χ2v) is 7.55. The van der Waals surface area contributed by atoms with E-state index in [1.54, 1.807) is 7.11 Å². The topological polar surface area (TPSA) is 54.0 Å². The first-order valence-electron chi connectivity index (χ1n) is 10.3. The van der Waals surface area contributed by atoms with Crippen LogP contribution in [0.4, 0.5) is 0 Å². The van der Waals surface area contributed by atoms with Crippen LogP contribution in [0.15, 0.2) is 48.5 Å². The van der Waals surface area contributed by atoms with Crippen molar-refractivity contribution in [1.29, 1.82) is 0 Å². The molecule has 1 atom stereocenters. The SMILES string of the molecule is COc1ccccc1C1CNCCN1C(=O)c1cccc(CN2CCOCC2)c1. The lowest BCUT2D eigenvalue weighted by atomic mass is 10.0. The number of ether oxygens (including phenoxy) is 2. The fourth-order valence-corrected chi connectivity index (χ4v) is 4.15. The quantitative estimate of drug-likeness (QED) is 0.842. The van der Waals surface area contributed by atoms with Crippen molar-refractivity contribution >= 4 is 5.91 Å². The molecule has 154 valence electrons. The minimum Gasteiger partial charge on any atom is -0.496 e. The number of carbonyl (C=O) groups excluding carboxylic acids is 1. The van der Waals surface area contributed by atoms with Crippen molar-refractivity contribution in [2.24, 2.45) is 0 Å². The maximum Gasteiger partial charge on any atom is 0.254 e. The van der Waals surface area contributed by atoms with Gasteiger partial charge in [0.05, 0.1) is 26.4 Å². The minimum absolute atomic E-state index is 0.0460. The van der Waals surface area contributed by atoms with E-state index in [2.05, 4.69) is 16.3 Å². The van der Waals surface area contributed by atoms with Gasteiger partial charge in [0, 0.05) is 50.4 Å². The number of morpholine rings is 1. The van der Waals surface area contributed by atoms with Crippen LogP contribution in [0, 0.1) is 0 Å². The average molecular weight is 396 g/mol. The molecule has 1 unspecified atom stereocenters. The molecular formula is C23H29N3O3. The molecule has 4 rings (SSSR count). The number of amides is 1. The molecule has 0 aromatic heterocycles. The van der Waals surface area contributed by atoms with Crippen LogP contribution in [0.25, 0.3) is 0 Å². The minimum atomic E-state index is -0.0460. The molecule has 2 aromatic carbocycles. The van der Waals surface area contributed by atoms with Gasteiger partial charge in [-0.1, -0.05) is 30.3 Å². The Balaban J connectivity index is 1.54. The molecule has 6 nitrogen and oxygen atoms in total. The standard InChI is InChI=1S/C23H29N3O3/c1-28-22-8-3-2-7-20(22)21-16-24-9-10-26(21)23(27)19-6-4-5-18(15-19)17-25-11-13-29-14-12-25/h2-8,15,21,24H,9-14,16-17H2,1H3. The van der Waals surface area contributed by atoms with Crippen molar-refractivity contribution in [2.45, 2.75) is 12.6 Å². The van der Waals surface area contributed by atoms with Crippen molar-refractivity contribution in [3.05, 3.63) is 65.2 Å². The fourth-order valence-electron chi connectivity index (χ4n) is 4.15. The summed E-state index contributed by atoms with van der Waals surface area (Å²) in [6, 6.07) is 16.0. The number of hydrogen-bond acceptors (Lipinski definition) is 5. The summed E-state index contributed by atoms with van der Waals surface area (Å²) in [7, 11) is 1.68. The van der Waals surface area contributed by atoms with Gasteiger partial charge in [-0.3, -0.25) is 9.69 Å². The van der Waals surface area contributed by atoms with E-state index in [0.29, 0.717) is 6.54 Å². The molecule has 2 heterocycles. The summed E-state index contributed by atoms with van der Waals surface area (Å²) >= 11 is 0. The van der Waals surface area contributed by atoms with Gasteiger partial charge in [0.25, 0.3) is 5.91 Å². The van der Waals surface area contributed by atoms with Gasteiger partial charge in [0.1, 0.15) is 5.75 Å². The number of piperazine rings is 1. The molecule has 29 heavy (non-hydrogen) atoms. The zero-order chi connectivity index (χ0) is 20.1. The number of carbonyl (C=O) groups is 1. The largest absolute Gasteiger partial charge is 0.496 e. The highest BCUT2D eigenvalue weighted by Crippen LogP contribution is 2.31. The van der Waals surface area contributed by atoms with Gasteiger partial charge in [0.15, 0.2) is 0 Å². The van der Waals surface area contributed by atoms with E-state index in [9.17, 15) is 4.79 Å². The Kier molecular flexibility index (Phi) is 6.44. The molecule has 0 spiro atoms. The predicted molar refractivity (Wildman–Crippen MR) is 112 cm³/mol. The van der Waals surface area contributed by atoms with Crippen LogP contribution in [0.5, 0.6) is 5.75 Å². The Hall–Kier alpha value is -2.41. The van der Waals surface area contributed by atoms with Crippen LogP contribution in [0.3, 0.4) is 0 Å². The number of nitrogens with one attached hydrogen (secondary N) is 1. The van der Waals surface area contributed by atoms with Crippen LogP contribution in [-0.2, 0) is 11.3 Å². The molecule has 0 saturated carbocycles. The zero-order valence-corrected chi connectivity index (χ0v) is 17.0. The van der Waals surface area contributed by atoms with E-state index in [0.717, 1.165) is 62.8 Å². The van der Waals surface area contributed by atoms with Crippen LogP contribution < -0.4 is 10.1 Å². The first-order valence-corrected chi connectivity index (χ1v) is 10.3. The van der Waals surface area contributed by atoms with Gasteiger partial charge >= 0.3 is 0 Å². The number of rotatable bonds is 5. The number of para-hydroxylation sites is 1. The Bertz CT molecular complexity index is 836. The third-order valence-electron chi connectivity index (χ3n) is 5.69. The van der Waals surface area contributed by atoms with Crippen LogP contribution in [-0.4, -0.2) is 68.8 Å². The summed E-state index contributed by atoms with van der Waals surface area (Å²) in [5.74, 6) is 0.895. The lowest BCUT2D eigenvalue weighted by Crippen LogP contribution is -2.48. The normalized spacial score (nSPS) is 20.4. The van der Waals surface area contributed by atoms with Gasteiger partial charge in [-0.2, -0.15) is 0 Å². The monoisotopic (exact) mass is 395 g/mol. The maximum absolute atomic E-state index is 13.5. The van der Waals surface area contributed by atoms with E-state index in [1.165, 1.54) is 5.56 Å². The van der Waals surface area contributed by atoms with Crippen LogP contribution >= 0.6 is 0 Å². The van der Waals surface area contributed by atoms with Crippen molar-refractivity contribution < 1.29 is 14.3 Å². The smallest absolute Gasteiger partial charge is 0.254 e. The van der Waals surface area contributed by atoms with Gasteiger partial charge in [-0.05, 0) is 23.8 Å². The molecule has 2 aromatic rings. The first kappa shape index (κ1) is 19.9. The average Bonchev–Trinajstić information content (AvgIpc) is 2.79. The second-order valence-electron chi connectivity index (χ2n) is 7.55. The van der Waals surface area contributed by atoms with Crippen molar-refractivity contribution in [2.75, 3.05) is 53.0 Å². The first-order chi connectivity index (χ1) is 14.3. The van der Waals surface area contributed by atoms with Gasteiger partial charge in [-0.15, -0.1) is 0 Å². The third kappa shape index (κ3) is 4.61. The third-order valence-corrected chi connectivity index (χ3v) is 5.69. The molecule has 1 amide bonds. The number of methoxy groups -OCH3 is 1. The Morgan fingerprint density at radius 1 is 1.14 bits per heavy atom. The molecule has 2 aliphatic rings. The van der Waals surface area contributed by atoms with Gasteiger partial charge in [-0.25, -0.2) is 0 Å². The number of nitrogens with zero attached hydrogens (tertiary/aromatic N) is 2. The highest BCUT2D eigenvalue weighted by atomic mass is 16.5. The fraction of sp³-hybridized carbons (Fsp3) is 0.435. The molecule has 2 aliphatic heterocycles. The van der Waals surface area contributed by atoms with E-state index < -0.39 is 0 Å². The molecule has 2 fully saturated rings. The molecule has 1 N–H and O–H groups in total. The highest BCUT2D eigenvalue weighted by Gasteiger charge is 2.30. The predicted octanol–water partition coefficient (Wildman–Crippen LogP) is 2.31. The van der Waals surface area contributed by atoms with Crippen LogP contribution in [0.2, 0.25) is 0 Å². The van der Waals surface area contributed by atoms with E-state index in [-0.39, 0.29) is 11.9 Å². The maximum atomic E-state index is 13.5. The molecule has 0 bridgehead atoms. The molecule has 6 heteroatoms. The second kappa shape index (κ2) is 9.39. The van der Waals surface area contributed by atoms with Crippen LogP contribution in [0.1, 0.15) is 27.5 Å². The summed E-state index contributed by atoms with van der Waals surface area (Å²) in [5.41, 5.74) is 2.96.